The minimum Gasteiger partial charge on any atom is -0.494 e. The Kier molecular flexibility index (Phi) is 3.48. The second kappa shape index (κ2) is 4.26. The van der Waals surface area contributed by atoms with E-state index in [9.17, 15) is 4.79 Å². The molecule has 0 amide bonds. The van der Waals surface area contributed by atoms with Gasteiger partial charge in [-0.05, 0) is 6.07 Å². The van der Waals surface area contributed by atoms with Crippen molar-refractivity contribution in [2.24, 2.45) is 0 Å². The molecular formula is C8H5Cl3O3. The lowest BCUT2D eigenvalue weighted by atomic mass is 10.2. The van der Waals surface area contributed by atoms with Crippen molar-refractivity contribution in [3.8, 4) is 5.75 Å². The Morgan fingerprint density at radius 2 is 1.93 bits per heavy atom. The number of hydrogen-bond donors (Lipinski definition) is 1. The fourth-order valence-corrected chi connectivity index (χ4v) is 1.61. The molecule has 0 unspecified atom stereocenters. The van der Waals surface area contributed by atoms with Crippen molar-refractivity contribution in [2.75, 3.05) is 7.11 Å². The highest BCUT2D eigenvalue weighted by molar-refractivity contribution is 6.49. The second-order valence-corrected chi connectivity index (χ2v) is 3.54. The van der Waals surface area contributed by atoms with Crippen molar-refractivity contribution in [3.05, 3.63) is 26.7 Å². The Labute approximate surface area is 95.1 Å². The molecule has 0 spiro atoms. The van der Waals surface area contributed by atoms with Gasteiger partial charge in [0.25, 0.3) is 0 Å². The molecule has 1 rings (SSSR count). The van der Waals surface area contributed by atoms with Crippen LogP contribution >= 0.6 is 34.8 Å². The predicted molar refractivity (Wildman–Crippen MR) is 55.0 cm³/mol. The molecule has 0 fully saturated rings. The molecule has 14 heavy (non-hydrogen) atoms. The molecule has 0 aromatic heterocycles. The van der Waals surface area contributed by atoms with Gasteiger partial charge in [0.05, 0.1) is 17.2 Å². The summed E-state index contributed by atoms with van der Waals surface area (Å²) in [6.07, 6.45) is 0. The standard InChI is InChI=1S/C8H5Cl3O3/c1-14-7-3(8(12)13)2-4(9)5(10)6(7)11/h2H,1H3,(H,12,13). The van der Waals surface area contributed by atoms with Crippen molar-refractivity contribution < 1.29 is 14.6 Å². The molecule has 3 nitrogen and oxygen atoms in total. The minimum absolute atomic E-state index is 0.000864. The van der Waals surface area contributed by atoms with Crippen LogP contribution in [0.2, 0.25) is 15.1 Å². The molecule has 0 heterocycles. The van der Waals surface area contributed by atoms with Crippen LogP contribution < -0.4 is 4.74 Å². The highest BCUT2D eigenvalue weighted by atomic mass is 35.5. The van der Waals surface area contributed by atoms with E-state index in [1.54, 1.807) is 0 Å². The number of carbonyl (C=O) groups is 1. The summed E-state index contributed by atoms with van der Waals surface area (Å²) in [6.45, 7) is 0. The average Bonchev–Trinajstić information content (AvgIpc) is 2.13. The van der Waals surface area contributed by atoms with E-state index in [1.165, 1.54) is 13.2 Å². The lowest BCUT2D eigenvalue weighted by Gasteiger charge is -2.09. The van der Waals surface area contributed by atoms with E-state index in [0.717, 1.165) is 0 Å². The van der Waals surface area contributed by atoms with Gasteiger partial charge in [-0.15, -0.1) is 0 Å². The second-order valence-electron chi connectivity index (χ2n) is 2.37. The molecule has 1 N–H and O–H groups in total. The molecule has 1 aromatic rings. The third-order valence-electron chi connectivity index (χ3n) is 1.55. The molecule has 0 bridgehead atoms. The number of carboxylic acids is 1. The van der Waals surface area contributed by atoms with E-state index >= 15 is 0 Å². The molecule has 0 atom stereocenters. The van der Waals surface area contributed by atoms with Crippen LogP contribution in [0.25, 0.3) is 0 Å². The SMILES string of the molecule is COc1c(C(=O)O)cc(Cl)c(Cl)c1Cl. The predicted octanol–water partition coefficient (Wildman–Crippen LogP) is 3.35. The Balaban J connectivity index is 3.51. The van der Waals surface area contributed by atoms with Crippen LogP contribution in [-0.4, -0.2) is 18.2 Å². The summed E-state index contributed by atoms with van der Waals surface area (Å²) >= 11 is 17.1. The minimum atomic E-state index is -1.18. The molecule has 0 aliphatic heterocycles. The van der Waals surface area contributed by atoms with Gasteiger partial charge in [0, 0.05) is 0 Å². The van der Waals surface area contributed by atoms with E-state index in [2.05, 4.69) is 0 Å². The van der Waals surface area contributed by atoms with Crippen LogP contribution in [0, 0.1) is 0 Å². The number of benzene rings is 1. The number of rotatable bonds is 2. The fraction of sp³-hybridized carbons (Fsp3) is 0.125. The summed E-state index contributed by atoms with van der Waals surface area (Å²) in [4.78, 5) is 10.8. The van der Waals surface area contributed by atoms with Gasteiger partial charge in [-0.25, -0.2) is 4.79 Å². The first-order valence-corrected chi connectivity index (χ1v) is 4.57. The zero-order valence-electron chi connectivity index (χ0n) is 6.97. The van der Waals surface area contributed by atoms with Gasteiger partial charge >= 0.3 is 5.97 Å². The quantitative estimate of drug-likeness (QED) is 0.824. The van der Waals surface area contributed by atoms with Crippen LogP contribution in [-0.2, 0) is 0 Å². The van der Waals surface area contributed by atoms with E-state index in [-0.39, 0.29) is 26.4 Å². The molecule has 1 aromatic carbocycles. The van der Waals surface area contributed by atoms with Crippen LogP contribution in [0.4, 0.5) is 0 Å². The fourth-order valence-electron chi connectivity index (χ4n) is 0.937. The monoisotopic (exact) mass is 254 g/mol. The maximum absolute atomic E-state index is 10.8. The molecule has 0 saturated carbocycles. The van der Waals surface area contributed by atoms with Crippen LogP contribution in [0.15, 0.2) is 6.07 Å². The van der Waals surface area contributed by atoms with Gasteiger partial charge in [-0.3, -0.25) is 0 Å². The Morgan fingerprint density at radius 3 is 2.36 bits per heavy atom. The highest BCUT2D eigenvalue weighted by Crippen LogP contribution is 2.39. The number of aromatic carboxylic acids is 1. The molecule has 0 radical (unpaired) electrons. The zero-order valence-corrected chi connectivity index (χ0v) is 9.24. The smallest absolute Gasteiger partial charge is 0.339 e. The first-order valence-electron chi connectivity index (χ1n) is 3.43. The van der Waals surface area contributed by atoms with Gasteiger partial charge in [0.15, 0.2) is 5.75 Å². The third-order valence-corrected chi connectivity index (χ3v) is 2.80. The summed E-state index contributed by atoms with van der Waals surface area (Å²) in [7, 11) is 1.30. The molecule has 0 aliphatic carbocycles. The number of ether oxygens (including phenoxy) is 1. The number of hydrogen-bond acceptors (Lipinski definition) is 2. The van der Waals surface area contributed by atoms with E-state index in [1.807, 2.05) is 0 Å². The normalized spacial score (nSPS) is 10.0. The lowest BCUT2D eigenvalue weighted by molar-refractivity contribution is 0.0693. The summed E-state index contributed by atoms with van der Waals surface area (Å²) in [5.74, 6) is -1.17. The van der Waals surface area contributed by atoms with Crippen molar-refractivity contribution in [2.45, 2.75) is 0 Å². The molecule has 0 saturated heterocycles. The van der Waals surface area contributed by atoms with Crippen molar-refractivity contribution in [1.82, 2.24) is 0 Å². The van der Waals surface area contributed by atoms with Crippen LogP contribution in [0.3, 0.4) is 0 Å². The molecule has 6 heteroatoms. The van der Waals surface area contributed by atoms with Gasteiger partial charge in [-0.1, -0.05) is 34.8 Å². The molecule has 76 valence electrons. The maximum atomic E-state index is 10.8. The van der Waals surface area contributed by atoms with Crippen LogP contribution in [0.5, 0.6) is 5.75 Å². The van der Waals surface area contributed by atoms with E-state index < -0.39 is 5.97 Å². The topological polar surface area (TPSA) is 46.5 Å². The number of methoxy groups -OCH3 is 1. The first-order chi connectivity index (χ1) is 6.49. The first kappa shape index (κ1) is 11.4. The number of halogens is 3. The summed E-state index contributed by atoms with van der Waals surface area (Å²) in [6, 6.07) is 1.19. The van der Waals surface area contributed by atoms with E-state index in [4.69, 9.17) is 44.6 Å². The van der Waals surface area contributed by atoms with Crippen LogP contribution in [0.1, 0.15) is 10.4 Å². The third kappa shape index (κ3) is 1.90. The Bertz CT molecular complexity index is 390. The Hall–Kier alpha value is -0.640. The molecule has 0 aliphatic rings. The van der Waals surface area contributed by atoms with Crippen molar-refractivity contribution in [3.63, 3.8) is 0 Å². The summed E-state index contributed by atoms with van der Waals surface area (Å²) < 4.78 is 4.82. The zero-order chi connectivity index (χ0) is 10.9. The van der Waals surface area contributed by atoms with E-state index in [0.29, 0.717) is 0 Å². The summed E-state index contributed by atoms with van der Waals surface area (Å²) in [5, 5.41) is 8.95. The maximum Gasteiger partial charge on any atom is 0.339 e. The average molecular weight is 255 g/mol. The highest BCUT2D eigenvalue weighted by Gasteiger charge is 2.19. The molecular weight excluding hydrogens is 250 g/mol. The van der Waals surface area contributed by atoms with Gasteiger partial charge in [0.1, 0.15) is 10.6 Å². The van der Waals surface area contributed by atoms with Gasteiger partial charge in [0.2, 0.25) is 0 Å². The summed E-state index contributed by atoms with van der Waals surface area (Å²) in [5.41, 5.74) is -0.119. The van der Waals surface area contributed by atoms with Crippen molar-refractivity contribution >= 4 is 40.8 Å². The Morgan fingerprint density at radius 1 is 1.36 bits per heavy atom. The van der Waals surface area contributed by atoms with Gasteiger partial charge in [-0.2, -0.15) is 0 Å². The number of carboxylic acid groups (broad SMARTS) is 1. The largest absolute Gasteiger partial charge is 0.494 e. The lowest BCUT2D eigenvalue weighted by Crippen LogP contribution is -2.01. The van der Waals surface area contributed by atoms with Crippen molar-refractivity contribution in [1.29, 1.82) is 0 Å². The van der Waals surface area contributed by atoms with Gasteiger partial charge < -0.3 is 9.84 Å².